The van der Waals surface area contributed by atoms with Crippen LogP contribution in [0.15, 0.2) is 4.99 Å². The van der Waals surface area contributed by atoms with E-state index in [-0.39, 0.29) is 12.3 Å². The van der Waals surface area contributed by atoms with Crippen LogP contribution >= 0.6 is 11.8 Å². The molecule has 58 valence electrons. The van der Waals surface area contributed by atoms with E-state index in [0.29, 0.717) is 11.7 Å². The molecule has 0 aliphatic rings. The Morgan fingerprint density at radius 3 is 2.70 bits per heavy atom. The van der Waals surface area contributed by atoms with Crippen molar-refractivity contribution in [1.82, 2.24) is 0 Å². The van der Waals surface area contributed by atoms with Crippen LogP contribution in [0.1, 0.15) is 6.42 Å². The van der Waals surface area contributed by atoms with Gasteiger partial charge in [0.15, 0.2) is 5.17 Å². The molecule has 0 atom stereocenters. The molecule has 1 amide bonds. The first-order valence-electron chi connectivity index (χ1n) is 2.81. The van der Waals surface area contributed by atoms with Crippen molar-refractivity contribution in [3.63, 3.8) is 0 Å². The van der Waals surface area contributed by atoms with E-state index >= 15 is 0 Å². The number of amidine groups is 1. The van der Waals surface area contributed by atoms with Gasteiger partial charge in [0.05, 0.1) is 0 Å². The Hall–Kier alpha value is -0.550. The normalized spacial score (nSPS) is 11.6. The number of hydrogen-bond acceptors (Lipinski definition) is 3. The molecule has 0 heterocycles. The van der Waals surface area contributed by atoms with Crippen LogP contribution in [0.2, 0.25) is 0 Å². The lowest BCUT2D eigenvalue weighted by Gasteiger charge is -1.92. The maximum absolute atomic E-state index is 10.7. The third kappa shape index (κ3) is 4.34. The summed E-state index contributed by atoms with van der Waals surface area (Å²) < 4.78 is 0. The molecular formula is C5H11N3OS. The van der Waals surface area contributed by atoms with E-state index in [1.807, 2.05) is 0 Å². The molecule has 0 unspecified atom stereocenters. The number of nitrogens with two attached hydrogens (primary N) is 2. The van der Waals surface area contributed by atoms with Crippen molar-refractivity contribution >= 4 is 22.8 Å². The van der Waals surface area contributed by atoms with Gasteiger partial charge in [-0.25, -0.2) is 0 Å². The van der Waals surface area contributed by atoms with Crippen molar-refractivity contribution in [3.8, 4) is 0 Å². The van der Waals surface area contributed by atoms with Gasteiger partial charge >= 0.3 is 0 Å². The van der Waals surface area contributed by atoms with Crippen LogP contribution in [0.4, 0.5) is 0 Å². The van der Waals surface area contributed by atoms with Gasteiger partial charge in [-0.3, -0.25) is 4.79 Å². The second kappa shape index (κ2) is 5.25. The van der Waals surface area contributed by atoms with Crippen molar-refractivity contribution in [1.29, 1.82) is 0 Å². The van der Waals surface area contributed by atoms with E-state index in [4.69, 9.17) is 11.5 Å². The molecule has 0 aliphatic carbocycles. The van der Waals surface area contributed by atoms with Crippen molar-refractivity contribution in [2.45, 2.75) is 6.42 Å². The predicted octanol–water partition coefficient (Wildman–Crippen LogP) is -0.461. The van der Waals surface area contributed by atoms with Gasteiger partial charge in [0.25, 0.3) is 0 Å². The number of amides is 1. The Kier molecular flexibility index (Phi) is 4.96. The van der Waals surface area contributed by atoms with Gasteiger partial charge in [-0.05, 0) is 6.26 Å². The second-order valence-electron chi connectivity index (χ2n) is 1.59. The third-order valence-corrected chi connectivity index (χ3v) is 1.31. The topological polar surface area (TPSA) is 81.5 Å². The van der Waals surface area contributed by atoms with Crippen LogP contribution in [0, 0.1) is 0 Å². The highest BCUT2D eigenvalue weighted by atomic mass is 32.2. The summed E-state index contributed by atoms with van der Waals surface area (Å²) in [5, 5.41) is 0.290. The molecule has 4 N–H and O–H groups in total. The Bertz CT molecular complexity index is 146. The lowest BCUT2D eigenvalue weighted by Crippen LogP contribution is -2.12. The fourth-order valence-corrected chi connectivity index (χ4v) is 0.541. The average Bonchev–Trinajstić information content (AvgIpc) is 1.88. The number of carbonyl (C=O) groups is 1. The maximum Gasteiger partial charge on any atom is 0.249 e. The molecule has 0 aromatic rings. The predicted molar refractivity (Wildman–Crippen MR) is 43.8 cm³/mol. The minimum absolute atomic E-state index is 0.255. The number of thioether (sulfide) groups is 1. The molecule has 0 radical (unpaired) electrons. The van der Waals surface area contributed by atoms with Crippen LogP contribution in [0.5, 0.6) is 0 Å². The molecule has 0 fully saturated rings. The highest BCUT2D eigenvalue weighted by Gasteiger charge is 1.96. The lowest BCUT2D eigenvalue weighted by atomic mass is 10.4. The van der Waals surface area contributed by atoms with Crippen LogP contribution in [-0.2, 0) is 4.79 Å². The monoisotopic (exact) mass is 161 g/mol. The van der Waals surface area contributed by atoms with Gasteiger partial charge < -0.3 is 11.5 Å². The molecule has 0 rings (SSSR count). The average molecular weight is 161 g/mol. The van der Waals surface area contributed by atoms with Crippen molar-refractivity contribution < 1.29 is 4.79 Å². The van der Waals surface area contributed by atoms with Crippen LogP contribution in [0.25, 0.3) is 0 Å². The zero-order valence-corrected chi connectivity index (χ0v) is 6.65. The first kappa shape index (κ1) is 9.45. The van der Waals surface area contributed by atoms with E-state index in [1.165, 1.54) is 11.8 Å². The molecule has 4 nitrogen and oxygen atoms in total. The van der Waals surface area contributed by atoms with Crippen LogP contribution < -0.4 is 11.5 Å². The van der Waals surface area contributed by atoms with Gasteiger partial charge in [-0.15, -0.1) is 0 Å². The fraction of sp³-hybridized carbons (Fsp3) is 0.600. The van der Waals surface area contributed by atoms with Gasteiger partial charge in [-0.1, -0.05) is 11.8 Å². The molecule has 5 heteroatoms. The summed E-state index contributed by atoms with van der Waals surface area (Å²) in [6, 6.07) is 0. The van der Waals surface area contributed by atoms with Gasteiger partial charge in [-0.2, -0.15) is 4.99 Å². The fourth-order valence-electron chi connectivity index (χ4n) is 0.348. The quantitative estimate of drug-likeness (QED) is 0.424. The Labute approximate surface area is 64.1 Å². The number of rotatable bonds is 2. The molecular weight excluding hydrogens is 150 g/mol. The lowest BCUT2D eigenvalue weighted by molar-refractivity contribution is -0.117. The van der Waals surface area contributed by atoms with Crippen molar-refractivity contribution in [2.24, 2.45) is 16.5 Å². The number of nitrogens with zero attached hydrogens (tertiary/aromatic N) is 1. The van der Waals surface area contributed by atoms with Gasteiger partial charge in [0.1, 0.15) is 0 Å². The molecule has 0 saturated carbocycles. The summed E-state index contributed by atoms with van der Waals surface area (Å²) in [7, 11) is 0. The van der Waals surface area contributed by atoms with Crippen molar-refractivity contribution in [3.05, 3.63) is 0 Å². The third-order valence-electron chi connectivity index (χ3n) is 0.802. The SMILES string of the molecule is CSC(N)=NC(=O)CCN. The smallest absolute Gasteiger partial charge is 0.249 e. The molecule has 0 bridgehead atoms. The van der Waals surface area contributed by atoms with Crippen LogP contribution in [0.3, 0.4) is 0 Å². The summed E-state index contributed by atoms with van der Waals surface area (Å²) in [5.41, 5.74) is 10.4. The van der Waals surface area contributed by atoms with E-state index in [0.717, 1.165) is 0 Å². The zero-order chi connectivity index (χ0) is 7.98. The molecule has 0 aromatic heterocycles. The first-order chi connectivity index (χ1) is 4.70. The highest BCUT2D eigenvalue weighted by molar-refractivity contribution is 8.13. The summed E-state index contributed by atoms with van der Waals surface area (Å²) >= 11 is 1.25. The molecule has 0 spiro atoms. The maximum atomic E-state index is 10.7. The summed E-state index contributed by atoms with van der Waals surface area (Å²) in [6.07, 6.45) is 2.02. The summed E-state index contributed by atoms with van der Waals surface area (Å²) in [5.74, 6) is -0.255. The number of carbonyl (C=O) groups excluding carboxylic acids is 1. The largest absolute Gasteiger partial charge is 0.378 e. The summed E-state index contributed by atoms with van der Waals surface area (Å²) in [4.78, 5) is 14.2. The minimum Gasteiger partial charge on any atom is -0.378 e. The van der Waals surface area contributed by atoms with E-state index in [9.17, 15) is 4.79 Å². The second-order valence-corrected chi connectivity index (χ2v) is 2.41. The standard InChI is InChI=1S/C5H11N3OS/c1-10-5(7)8-4(9)2-3-6/h2-3,6H2,1H3,(H2,7,8,9). The zero-order valence-electron chi connectivity index (χ0n) is 5.83. The first-order valence-corrected chi connectivity index (χ1v) is 4.04. The Balaban J connectivity index is 3.75. The molecule has 0 saturated heterocycles. The van der Waals surface area contributed by atoms with Crippen LogP contribution in [-0.4, -0.2) is 23.9 Å². The van der Waals surface area contributed by atoms with Gasteiger partial charge in [0, 0.05) is 13.0 Å². The Morgan fingerprint density at radius 1 is 1.70 bits per heavy atom. The molecule has 0 aromatic carbocycles. The van der Waals surface area contributed by atoms with E-state index in [2.05, 4.69) is 4.99 Å². The molecule has 10 heavy (non-hydrogen) atoms. The molecule has 0 aliphatic heterocycles. The number of hydrogen-bond donors (Lipinski definition) is 2. The van der Waals surface area contributed by atoms with Gasteiger partial charge in [0.2, 0.25) is 5.91 Å². The van der Waals surface area contributed by atoms with Crippen molar-refractivity contribution in [2.75, 3.05) is 12.8 Å². The minimum atomic E-state index is -0.255. The highest BCUT2D eigenvalue weighted by Crippen LogP contribution is 1.92. The Morgan fingerprint density at radius 2 is 2.30 bits per heavy atom. The number of aliphatic imine (C=N–C) groups is 1. The summed E-state index contributed by atoms with van der Waals surface area (Å²) in [6.45, 7) is 0.323. The van der Waals surface area contributed by atoms with E-state index in [1.54, 1.807) is 6.26 Å². The van der Waals surface area contributed by atoms with E-state index < -0.39 is 0 Å².